The van der Waals surface area contributed by atoms with E-state index in [0.717, 1.165) is 43.8 Å². The average molecular weight is 380 g/mol. The Morgan fingerprint density at radius 1 is 1.24 bits per heavy atom. The zero-order chi connectivity index (χ0) is 17.8. The molecule has 0 saturated heterocycles. The molecule has 2 fully saturated rings. The van der Waals surface area contributed by atoms with Crippen molar-refractivity contribution < 1.29 is 13.3 Å². The molecule has 2 saturated carbocycles. The van der Waals surface area contributed by atoms with E-state index in [9.17, 15) is 18.5 Å². The Balaban J connectivity index is 1.72. The molecule has 4 rings (SSSR count). The maximum atomic E-state index is 11.7. The van der Waals surface area contributed by atoms with Crippen LogP contribution in [0.2, 0.25) is 0 Å². The van der Waals surface area contributed by atoms with Crippen molar-refractivity contribution in [1.82, 2.24) is 14.8 Å². The molecule has 2 aliphatic rings. The van der Waals surface area contributed by atoms with Crippen LogP contribution in [0.4, 0.5) is 5.69 Å². The van der Waals surface area contributed by atoms with Crippen molar-refractivity contribution in [3.63, 3.8) is 0 Å². The van der Waals surface area contributed by atoms with Crippen LogP contribution in [-0.2, 0) is 9.84 Å². The number of hydrogen-bond acceptors (Lipinski definition) is 7. The molecule has 2 aliphatic carbocycles. The minimum Gasteiger partial charge on any atom is -0.302 e. The Hall–Kier alpha value is -1.94. The lowest BCUT2D eigenvalue weighted by molar-refractivity contribution is -0.388. The minimum atomic E-state index is -3.51. The molecule has 10 heteroatoms. The van der Waals surface area contributed by atoms with Crippen molar-refractivity contribution in [3.8, 4) is 0 Å². The quantitative estimate of drug-likeness (QED) is 0.560. The number of sulfone groups is 1. The van der Waals surface area contributed by atoms with E-state index < -0.39 is 14.8 Å². The summed E-state index contributed by atoms with van der Waals surface area (Å²) in [6, 6.07) is 4.35. The molecule has 0 unspecified atom stereocenters. The van der Waals surface area contributed by atoms with Gasteiger partial charge in [0.2, 0.25) is 0 Å². The van der Waals surface area contributed by atoms with Crippen LogP contribution in [0.3, 0.4) is 0 Å². The normalized spacial score (nSPS) is 17.6. The number of nitrogens with zero attached hydrogens (tertiary/aromatic N) is 4. The van der Waals surface area contributed by atoms with Gasteiger partial charge in [0.05, 0.1) is 14.7 Å². The van der Waals surface area contributed by atoms with Gasteiger partial charge in [-0.15, -0.1) is 10.2 Å². The molecule has 0 bridgehead atoms. The molecule has 2 aromatic rings. The molecule has 1 heterocycles. The van der Waals surface area contributed by atoms with Gasteiger partial charge in [0.15, 0.2) is 15.0 Å². The van der Waals surface area contributed by atoms with Crippen LogP contribution in [0.25, 0.3) is 0 Å². The van der Waals surface area contributed by atoms with E-state index in [1.807, 2.05) is 0 Å². The molecule has 25 heavy (non-hydrogen) atoms. The summed E-state index contributed by atoms with van der Waals surface area (Å²) in [5.41, 5.74) is -0.230. The summed E-state index contributed by atoms with van der Waals surface area (Å²) in [5, 5.41) is 20.6. The third-order valence-corrected chi connectivity index (χ3v) is 6.44. The second-order valence-electron chi connectivity index (χ2n) is 6.48. The van der Waals surface area contributed by atoms with Crippen LogP contribution >= 0.6 is 11.8 Å². The fraction of sp³-hybridized carbons (Fsp3) is 0.467. The summed E-state index contributed by atoms with van der Waals surface area (Å²) in [6.45, 7) is 0. The number of benzene rings is 1. The van der Waals surface area contributed by atoms with E-state index in [4.69, 9.17) is 0 Å². The summed E-state index contributed by atoms with van der Waals surface area (Å²) in [7, 11) is -3.51. The van der Waals surface area contributed by atoms with Crippen molar-refractivity contribution in [2.75, 3.05) is 6.26 Å². The monoisotopic (exact) mass is 380 g/mol. The lowest BCUT2D eigenvalue weighted by Gasteiger charge is -2.08. The predicted octanol–water partition coefficient (Wildman–Crippen LogP) is 2.95. The first-order chi connectivity index (χ1) is 11.8. The third kappa shape index (κ3) is 3.28. The molecule has 132 valence electrons. The van der Waals surface area contributed by atoms with E-state index in [1.54, 1.807) is 0 Å². The highest BCUT2D eigenvalue weighted by atomic mass is 32.2. The Morgan fingerprint density at radius 3 is 2.52 bits per heavy atom. The highest BCUT2D eigenvalue weighted by Crippen LogP contribution is 2.47. The number of aromatic nitrogens is 3. The summed E-state index contributed by atoms with van der Waals surface area (Å²) in [6.07, 6.45) is 5.39. The first-order valence-corrected chi connectivity index (χ1v) is 10.7. The molecule has 0 aliphatic heterocycles. The smallest absolute Gasteiger partial charge is 0.284 e. The van der Waals surface area contributed by atoms with E-state index in [2.05, 4.69) is 14.8 Å². The summed E-state index contributed by atoms with van der Waals surface area (Å²) >= 11 is 1.18. The SMILES string of the molecule is CS(=O)(=O)c1ccc(Sc2nnc(C3CC3)n2C2CC2)c([N+](=O)[O-])c1. The molecule has 0 radical (unpaired) electrons. The molecular weight excluding hydrogens is 364 g/mol. The molecule has 0 amide bonds. The molecule has 1 aromatic heterocycles. The predicted molar refractivity (Wildman–Crippen MR) is 90.6 cm³/mol. The third-order valence-electron chi connectivity index (χ3n) is 4.30. The van der Waals surface area contributed by atoms with Gasteiger partial charge in [-0.2, -0.15) is 0 Å². The van der Waals surface area contributed by atoms with Crippen LogP contribution in [-0.4, -0.2) is 34.4 Å². The molecule has 0 N–H and O–H groups in total. The second kappa shape index (κ2) is 5.80. The highest BCUT2D eigenvalue weighted by molar-refractivity contribution is 7.99. The molecule has 8 nitrogen and oxygen atoms in total. The van der Waals surface area contributed by atoms with Gasteiger partial charge in [-0.25, -0.2) is 8.42 Å². The summed E-state index contributed by atoms with van der Waals surface area (Å²) in [4.78, 5) is 11.1. The van der Waals surface area contributed by atoms with Crippen molar-refractivity contribution in [1.29, 1.82) is 0 Å². The standard InChI is InChI=1S/C15H16N4O4S2/c1-25(22,23)11-6-7-13(12(8-11)19(20)21)24-15-17-16-14(9-2-3-9)18(15)10-4-5-10/h6-10H,2-5H2,1H3. The van der Waals surface area contributed by atoms with Crippen molar-refractivity contribution >= 4 is 27.3 Å². The van der Waals surface area contributed by atoms with Gasteiger partial charge >= 0.3 is 0 Å². The molecule has 0 atom stereocenters. The van der Waals surface area contributed by atoms with Gasteiger partial charge in [-0.1, -0.05) is 0 Å². The van der Waals surface area contributed by atoms with Crippen LogP contribution < -0.4 is 0 Å². The second-order valence-corrected chi connectivity index (χ2v) is 9.50. The van der Waals surface area contributed by atoms with Crippen molar-refractivity contribution in [2.45, 2.75) is 52.6 Å². The lowest BCUT2D eigenvalue weighted by atomic mass is 10.3. The summed E-state index contributed by atoms with van der Waals surface area (Å²) < 4.78 is 25.4. The van der Waals surface area contributed by atoms with Crippen LogP contribution in [0.5, 0.6) is 0 Å². The van der Waals surface area contributed by atoms with Gasteiger partial charge < -0.3 is 4.57 Å². The van der Waals surface area contributed by atoms with Crippen molar-refractivity contribution in [3.05, 3.63) is 34.1 Å². The van der Waals surface area contributed by atoms with E-state index >= 15 is 0 Å². The average Bonchev–Trinajstić information content (AvgIpc) is 3.46. The highest BCUT2D eigenvalue weighted by Gasteiger charge is 2.37. The van der Waals surface area contributed by atoms with E-state index in [-0.39, 0.29) is 10.6 Å². The Morgan fingerprint density at radius 2 is 1.96 bits per heavy atom. The zero-order valence-corrected chi connectivity index (χ0v) is 15.1. The van der Waals surface area contributed by atoms with Crippen LogP contribution in [0.1, 0.15) is 43.5 Å². The number of nitro benzene ring substituents is 1. The minimum absolute atomic E-state index is 0.0640. The largest absolute Gasteiger partial charge is 0.302 e. The van der Waals surface area contributed by atoms with Crippen LogP contribution in [0.15, 0.2) is 33.1 Å². The number of nitro groups is 1. The van der Waals surface area contributed by atoms with E-state index in [1.165, 1.54) is 23.9 Å². The van der Waals surface area contributed by atoms with E-state index in [0.29, 0.717) is 22.0 Å². The topological polar surface area (TPSA) is 108 Å². The van der Waals surface area contributed by atoms with Gasteiger partial charge in [0, 0.05) is 24.3 Å². The zero-order valence-electron chi connectivity index (χ0n) is 13.5. The van der Waals surface area contributed by atoms with Crippen molar-refractivity contribution in [2.24, 2.45) is 0 Å². The van der Waals surface area contributed by atoms with Gasteiger partial charge in [-0.3, -0.25) is 10.1 Å². The van der Waals surface area contributed by atoms with Gasteiger partial charge in [0.25, 0.3) is 5.69 Å². The molecule has 0 spiro atoms. The van der Waals surface area contributed by atoms with Gasteiger partial charge in [-0.05, 0) is 49.6 Å². The molecular formula is C15H16N4O4S2. The molecule has 1 aromatic carbocycles. The Bertz CT molecular complexity index is 962. The first kappa shape index (κ1) is 16.5. The number of rotatable bonds is 6. The maximum Gasteiger partial charge on any atom is 0.284 e. The Labute approximate surface area is 148 Å². The van der Waals surface area contributed by atoms with Crippen LogP contribution in [0, 0.1) is 10.1 Å². The number of hydrogen-bond donors (Lipinski definition) is 0. The first-order valence-electron chi connectivity index (χ1n) is 7.96. The summed E-state index contributed by atoms with van der Waals surface area (Å²) in [5.74, 6) is 1.42. The fourth-order valence-electron chi connectivity index (χ4n) is 2.71. The fourth-order valence-corrected chi connectivity index (χ4v) is 4.34. The van der Waals surface area contributed by atoms with Gasteiger partial charge in [0.1, 0.15) is 5.82 Å². The maximum absolute atomic E-state index is 11.7. The Kier molecular flexibility index (Phi) is 3.84. The lowest BCUT2D eigenvalue weighted by Crippen LogP contribution is -2.03.